The summed E-state index contributed by atoms with van der Waals surface area (Å²) in [7, 11) is 0. The first-order valence-electron chi connectivity index (χ1n) is 24.2. The Labute approximate surface area is 380 Å². The average Bonchev–Trinajstić information content (AvgIpc) is 3.58. The number of carbonyl (C=O) groups is 2. The van der Waals surface area contributed by atoms with Crippen molar-refractivity contribution in [2.45, 2.75) is 93.3 Å². The quantitative estimate of drug-likeness (QED) is 0.142. The van der Waals surface area contributed by atoms with Gasteiger partial charge in [-0.15, -0.1) is 0 Å². The van der Waals surface area contributed by atoms with Gasteiger partial charge in [0.05, 0.1) is 16.5 Å². The van der Waals surface area contributed by atoms with Crippen molar-refractivity contribution in [3.8, 4) is 34.1 Å². The van der Waals surface area contributed by atoms with E-state index in [1.54, 1.807) is 48.5 Å². The molecule has 0 atom stereocenters. The summed E-state index contributed by atoms with van der Waals surface area (Å²) in [5, 5.41) is 19.5. The summed E-state index contributed by atoms with van der Waals surface area (Å²) < 4.78 is 14.0. The van der Waals surface area contributed by atoms with Crippen molar-refractivity contribution in [1.29, 1.82) is 0 Å². The molecule has 8 bridgehead atoms. The Morgan fingerprint density at radius 1 is 0.415 bits per heavy atom. The lowest BCUT2D eigenvalue weighted by Crippen LogP contribution is -2.48. The van der Waals surface area contributed by atoms with E-state index in [0.717, 1.165) is 46.6 Å². The van der Waals surface area contributed by atoms with Crippen molar-refractivity contribution in [2.24, 2.45) is 35.5 Å². The summed E-state index contributed by atoms with van der Waals surface area (Å²) in [5.74, 6) is 5.31. The molecule has 0 aliphatic heterocycles. The molecule has 9 aliphatic carbocycles. The van der Waals surface area contributed by atoms with Gasteiger partial charge in [0, 0.05) is 11.1 Å². The molecular weight excluding hydrogens is 805 g/mol. The molecule has 8 fully saturated rings. The molecule has 2 N–H and O–H groups in total. The first-order valence-corrected chi connectivity index (χ1v) is 24.2. The molecule has 0 saturated heterocycles. The van der Waals surface area contributed by atoms with Gasteiger partial charge >= 0.3 is 11.9 Å². The molecule has 0 aromatic heterocycles. The second-order valence-electron chi connectivity index (χ2n) is 21.5. The van der Waals surface area contributed by atoms with Crippen molar-refractivity contribution < 1.29 is 29.3 Å². The maximum atomic E-state index is 11.9. The fourth-order valence-corrected chi connectivity index (χ4v) is 16.0. The van der Waals surface area contributed by atoms with Crippen LogP contribution in [0.1, 0.15) is 131 Å². The molecule has 6 aromatic rings. The Morgan fingerprint density at radius 3 is 1.09 bits per heavy atom. The molecule has 6 aromatic carbocycles. The molecule has 6 heteroatoms. The van der Waals surface area contributed by atoms with Crippen molar-refractivity contribution in [3.63, 3.8) is 0 Å². The molecule has 326 valence electrons. The second-order valence-corrected chi connectivity index (χ2v) is 21.5. The van der Waals surface area contributed by atoms with Crippen LogP contribution in [0.2, 0.25) is 0 Å². The van der Waals surface area contributed by atoms with E-state index in [1.807, 2.05) is 12.1 Å². The number of hydrogen-bond acceptors (Lipinski definition) is 4. The van der Waals surface area contributed by atoms with Gasteiger partial charge in [0.25, 0.3) is 0 Å². The minimum atomic E-state index is -0.978. The predicted octanol–water partition coefficient (Wildman–Crippen LogP) is 14.0. The number of carboxylic acid groups (broad SMARTS) is 2. The SMILES string of the molecule is O=C(O)c1ccc(Oc2ccccc2C2(c3ccccc3Oc3ccc(C(=O)O)cc3)c3cc(C45CC6CC(CC(C6)C4)C5)ccc3-c3ccc(C45CC6CC(CC(C6)C4)C5)cc32)cc1. The third-order valence-electron chi connectivity index (χ3n) is 17.7. The number of rotatable bonds is 10. The largest absolute Gasteiger partial charge is 0.478 e. The van der Waals surface area contributed by atoms with Gasteiger partial charge in [0.2, 0.25) is 0 Å². The Bertz CT molecular complexity index is 2640. The van der Waals surface area contributed by atoms with Crippen molar-refractivity contribution in [1.82, 2.24) is 0 Å². The van der Waals surface area contributed by atoms with Crippen LogP contribution >= 0.6 is 0 Å². The maximum Gasteiger partial charge on any atom is 0.335 e. The van der Waals surface area contributed by atoms with E-state index in [4.69, 9.17) is 9.47 Å². The molecule has 15 rings (SSSR count). The van der Waals surface area contributed by atoms with E-state index in [0.29, 0.717) is 23.0 Å². The highest BCUT2D eigenvalue weighted by Gasteiger charge is 2.56. The van der Waals surface area contributed by atoms with Crippen molar-refractivity contribution in [2.75, 3.05) is 0 Å². The van der Waals surface area contributed by atoms with Crippen LogP contribution in [0.5, 0.6) is 23.0 Å². The minimum Gasteiger partial charge on any atom is -0.478 e. The third-order valence-corrected chi connectivity index (χ3v) is 17.7. The van der Waals surface area contributed by atoms with Crippen LogP contribution in [0.15, 0.2) is 133 Å². The Balaban J connectivity index is 1.07. The van der Waals surface area contributed by atoms with Crippen LogP contribution in [0.4, 0.5) is 0 Å². The van der Waals surface area contributed by atoms with Gasteiger partial charge in [0.15, 0.2) is 0 Å². The van der Waals surface area contributed by atoms with Crippen LogP contribution in [0.25, 0.3) is 11.1 Å². The number of para-hydroxylation sites is 2. The number of ether oxygens (including phenoxy) is 2. The molecule has 8 saturated carbocycles. The molecule has 0 unspecified atom stereocenters. The lowest BCUT2D eigenvalue weighted by atomic mass is 9.47. The minimum absolute atomic E-state index is 0.151. The highest BCUT2D eigenvalue weighted by atomic mass is 16.5. The van der Waals surface area contributed by atoms with Gasteiger partial charge in [0.1, 0.15) is 23.0 Å². The number of fused-ring (bicyclic) bond motifs is 3. The normalized spacial score (nSPS) is 29.3. The van der Waals surface area contributed by atoms with E-state index >= 15 is 0 Å². The third kappa shape index (κ3) is 6.11. The van der Waals surface area contributed by atoms with E-state index in [-0.39, 0.29) is 22.0 Å². The van der Waals surface area contributed by atoms with Crippen LogP contribution in [-0.4, -0.2) is 22.2 Å². The summed E-state index contributed by atoms with van der Waals surface area (Å²) >= 11 is 0. The first kappa shape index (κ1) is 39.2. The number of carboxylic acids is 2. The molecule has 0 amide bonds. The van der Waals surface area contributed by atoms with Gasteiger partial charge in [-0.05, 0) is 217 Å². The maximum absolute atomic E-state index is 11.9. The van der Waals surface area contributed by atoms with E-state index in [1.165, 1.54) is 110 Å². The highest BCUT2D eigenvalue weighted by molar-refractivity contribution is 5.90. The molecule has 9 aliphatic rings. The van der Waals surface area contributed by atoms with E-state index in [9.17, 15) is 19.8 Å². The Morgan fingerprint density at radius 2 is 0.754 bits per heavy atom. The van der Waals surface area contributed by atoms with Crippen LogP contribution in [0.3, 0.4) is 0 Å². The van der Waals surface area contributed by atoms with Crippen LogP contribution < -0.4 is 9.47 Å². The average molecular weight is 859 g/mol. The lowest BCUT2D eigenvalue weighted by molar-refractivity contribution is -0.00530. The zero-order valence-corrected chi connectivity index (χ0v) is 36.7. The summed E-state index contributed by atoms with van der Waals surface area (Å²) in [6.07, 6.45) is 15.8. The number of aromatic carboxylic acids is 2. The fourth-order valence-electron chi connectivity index (χ4n) is 16.0. The fraction of sp³-hybridized carbons (Fsp3) is 0.356. The van der Waals surface area contributed by atoms with E-state index < -0.39 is 17.4 Å². The van der Waals surface area contributed by atoms with Crippen molar-refractivity contribution >= 4 is 11.9 Å². The first-order chi connectivity index (χ1) is 31.6. The molecular formula is C59H54O6. The van der Waals surface area contributed by atoms with Gasteiger partial charge in [-0.1, -0.05) is 72.8 Å². The van der Waals surface area contributed by atoms with Crippen LogP contribution in [-0.2, 0) is 16.2 Å². The molecule has 65 heavy (non-hydrogen) atoms. The summed E-state index contributed by atoms with van der Waals surface area (Å²) in [5.41, 5.74) is 9.63. The van der Waals surface area contributed by atoms with Gasteiger partial charge < -0.3 is 19.7 Å². The summed E-state index contributed by atoms with van der Waals surface area (Å²) in [6, 6.07) is 45.3. The van der Waals surface area contributed by atoms with Crippen molar-refractivity contribution in [3.05, 3.63) is 178 Å². The zero-order chi connectivity index (χ0) is 43.7. The van der Waals surface area contributed by atoms with Gasteiger partial charge in [-0.3, -0.25) is 0 Å². The van der Waals surface area contributed by atoms with Gasteiger partial charge in [-0.2, -0.15) is 0 Å². The Kier molecular flexibility index (Phi) is 8.71. The second kappa shape index (κ2) is 14.4. The molecule has 0 spiro atoms. The highest BCUT2D eigenvalue weighted by Crippen LogP contribution is 2.66. The zero-order valence-electron chi connectivity index (χ0n) is 36.7. The van der Waals surface area contributed by atoms with Crippen LogP contribution in [0, 0.1) is 35.5 Å². The number of hydrogen-bond donors (Lipinski definition) is 2. The molecule has 0 heterocycles. The van der Waals surface area contributed by atoms with E-state index in [2.05, 4.69) is 72.8 Å². The molecule has 0 radical (unpaired) electrons. The lowest BCUT2D eigenvalue weighted by Gasteiger charge is -2.57. The summed E-state index contributed by atoms with van der Waals surface area (Å²) in [6.45, 7) is 0. The topological polar surface area (TPSA) is 93.1 Å². The number of benzene rings is 6. The standard InChI is InChI=1S/C59H54O6/c60-55(61)41-9-15-45(16-10-41)64-53-7-3-1-5-49(53)59(50-6-2-4-8-54(50)65-46-17-11-42(12-18-46)56(62)63)51-27-43(57-29-35-21-36(30-57)23-37(22-35)31-57)13-19-47(51)48-20-14-44(28-52(48)59)58-32-38-24-39(33-58)26-40(25-38)34-58/h1-20,27-28,35-40H,21-26,29-34H2,(H,60,61)(H,62,63). The smallest absolute Gasteiger partial charge is 0.335 e. The molecule has 6 nitrogen and oxygen atoms in total. The monoisotopic (exact) mass is 858 g/mol. The summed E-state index contributed by atoms with van der Waals surface area (Å²) in [4.78, 5) is 23.8. The Hall–Kier alpha value is -6.14. The van der Waals surface area contributed by atoms with Gasteiger partial charge in [-0.25, -0.2) is 9.59 Å². The predicted molar refractivity (Wildman–Crippen MR) is 250 cm³/mol.